The zero-order chi connectivity index (χ0) is 14.7. The number of imidazole rings is 1. The highest BCUT2D eigenvalue weighted by Gasteiger charge is 2.58. The van der Waals surface area contributed by atoms with Crippen LogP contribution in [0.4, 0.5) is 13.2 Å². The number of aryl methyl sites for hydroxylation is 1. The lowest BCUT2D eigenvalue weighted by Gasteiger charge is -2.29. The van der Waals surface area contributed by atoms with E-state index in [1.165, 1.54) is 17.0 Å². The van der Waals surface area contributed by atoms with E-state index in [2.05, 4.69) is 4.98 Å². The summed E-state index contributed by atoms with van der Waals surface area (Å²) in [6.07, 6.45) is -1.94. The number of alkyl halides is 3. The maximum absolute atomic E-state index is 13.1. The summed E-state index contributed by atoms with van der Waals surface area (Å²) < 4.78 is 40.5. The van der Waals surface area contributed by atoms with E-state index in [0.29, 0.717) is 13.0 Å². The number of halogens is 3. The van der Waals surface area contributed by atoms with Crippen molar-refractivity contribution in [3.05, 3.63) is 18.2 Å². The summed E-state index contributed by atoms with van der Waals surface area (Å²) in [6, 6.07) is 0. The van der Waals surface area contributed by atoms with E-state index in [4.69, 9.17) is 0 Å². The Balaban J connectivity index is 3.18. The van der Waals surface area contributed by atoms with E-state index in [0.717, 1.165) is 13.3 Å². The van der Waals surface area contributed by atoms with Crippen molar-refractivity contribution in [3.8, 4) is 0 Å². The second-order valence-corrected chi connectivity index (χ2v) is 4.53. The molecule has 0 amide bonds. The van der Waals surface area contributed by atoms with Gasteiger partial charge in [-0.1, -0.05) is 13.3 Å². The molecule has 1 atom stereocenters. The molecule has 0 unspecified atom stereocenters. The lowest BCUT2D eigenvalue weighted by atomic mass is 9.95. The number of hydrogen-bond donors (Lipinski definition) is 1. The molecule has 1 N–H and O–H groups in total. The molecule has 0 bridgehead atoms. The summed E-state index contributed by atoms with van der Waals surface area (Å²) in [5.41, 5.74) is -3.23. The molecule has 0 aromatic carbocycles. The van der Waals surface area contributed by atoms with Gasteiger partial charge < -0.3 is 9.67 Å². The van der Waals surface area contributed by atoms with E-state index in [1.807, 2.05) is 6.92 Å². The first-order valence-corrected chi connectivity index (χ1v) is 6.02. The summed E-state index contributed by atoms with van der Waals surface area (Å²) in [4.78, 5) is 14.6. The molecule has 1 rings (SSSR count). The van der Waals surface area contributed by atoms with E-state index in [9.17, 15) is 23.1 Å². The Morgan fingerprint density at radius 1 is 1.47 bits per heavy atom. The Bertz CT molecular complexity index is 442. The Morgan fingerprint density at radius 2 is 2.11 bits per heavy atom. The van der Waals surface area contributed by atoms with Gasteiger partial charge in [0, 0.05) is 18.9 Å². The van der Waals surface area contributed by atoms with Crippen LogP contribution in [-0.2, 0) is 16.9 Å². The molecule has 4 nitrogen and oxygen atoms in total. The molecule has 0 radical (unpaired) electrons. The third kappa shape index (κ3) is 3.34. The van der Waals surface area contributed by atoms with Gasteiger partial charge in [0.2, 0.25) is 5.60 Å². The first-order chi connectivity index (χ1) is 8.72. The van der Waals surface area contributed by atoms with Crippen molar-refractivity contribution in [2.24, 2.45) is 0 Å². The van der Waals surface area contributed by atoms with E-state index in [1.54, 1.807) is 0 Å². The lowest BCUT2D eigenvalue weighted by molar-refractivity contribution is -0.270. The molecule has 0 fully saturated rings. The number of ketones is 1. The van der Waals surface area contributed by atoms with Crippen LogP contribution >= 0.6 is 0 Å². The second kappa shape index (κ2) is 5.73. The predicted molar refractivity (Wildman–Crippen MR) is 62.4 cm³/mol. The minimum atomic E-state index is -4.95. The molecular formula is C12H17F3N2O2. The Kier molecular flexibility index (Phi) is 4.73. The fourth-order valence-electron chi connectivity index (χ4n) is 1.85. The highest BCUT2D eigenvalue weighted by atomic mass is 19.4. The van der Waals surface area contributed by atoms with Crippen LogP contribution in [0.15, 0.2) is 12.4 Å². The van der Waals surface area contributed by atoms with Crippen LogP contribution in [0.2, 0.25) is 0 Å². The third-order valence-corrected chi connectivity index (χ3v) is 2.81. The van der Waals surface area contributed by atoms with Crippen molar-refractivity contribution in [2.75, 3.05) is 0 Å². The van der Waals surface area contributed by atoms with Crippen molar-refractivity contribution in [3.63, 3.8) is 0 Å². The number of rotatable bonds is 6. The highest BCUT2D eigenvalue weighted by Crippen LogP contribution is 2.41. The van der Waals surface area contributed by atoms with Crippen LogP contribution in [0.25, 0.3) is 0 Å². The zero-order valence-electron chi connectivity index (χ0n) is 10.9. The SMILES string of the molecule is CCCCn1ccnc1[C@](O)(CC(C)=O)C(F)(F)F. The van der Waals surface area contributed by atoms with E-state index >= 15 is 0 Å². The standard InChI is InChI=1S/C12H17F3N2O2/c1-3-4-6-17-7-5-16-10(17)11(19,8-9(2)18)12(13,14)15/h5,7,19H,3-4,6,8H2,1-2H3/t11-/m1/s1. The van der Waals surface area contributed by atoms with Crippen LogP contribution in [0.1, 0.15) is 38.9 Å². The molecule has 0 saturated carbocycles. The number of aromatic nitrogens is 2. The van der Waals surface area contributed by atoms with Gasteiger partial charge in [-0.15, -0.1) is 0 Å². The minimum absolute atomic E-state index is 0.322. The summed E-state index contributed by atoms with van der Waals surface area (Å²) >= 11 is 0. The zero-order valence-corrected chi connectivity index (χ0v) is 10.9. The molecule has 7 heteroatoms. The van der Waals surface area contributed by atoms with Gasteiger partial charge in [-0.05, 0) is 13.3 Å². The van der Waals surface area contributed by atoms with Gasteiger partial charge in [-0.3, -0.25) is 4.79 Å². The maximum Gasteiger partial charge on any atom is 0.424 e. The Morgan fingerprint density at radius 3 is 2.58 bits per heavy atom. The van der Waals surface area contributed by atoms with E-state index in [-0.39, 0.29) is 0 Å². The van der Waals surface area contributed by atoms with Crippen LogP contribution in [0.5, 0.6) is 0 Å². The van der Waals surface area contributed by atoms with Crippen molar-refractivity contribution in [1.82, 2.24) is 9.55 Å². The number of carbonyl (C=O) groups is 1. The molecular weight excluding hydrogens is 261 g/mol. The average molecular weight is 278 g/mol. The van der Waals surface area contributed by atoms with Gasteiger partial charge in [0.05, 0.1) is 6.42 Å². The molecule has 1 heterocycles. The van der Waals surface area contributed by atoms with Crippen LogP contribution in [0.3, 0.4) is 0 Å². The summed E-state index contributed by atoms with van der Waals surface area (Å²) in [6.45, 7) is 3.24. The van der Waals surface area contributed by atoms with Gasteiger partial charge >= 0.3 is 6.18 Å². The van der Waals surface area contributed by atoms with Crippen LogP contribution in [0, 0.1) is 0 Å². The van der Waals surface area contributed by atoms with Crippen molar-refractivity contribution in [1.29, 1.82) is 0 Å². The van der Waals surface area contributed by atoms with Gasteiger partial charge in [0.25, 0.3) is 0 Å². The second-order valence-electron chi connectivity index (χ2n) is 4.53. The molecule has 1 aromatic heterocycles. The molecule has 0 saturated heterocycles. The normalized spacial score (nSPS) is 15.3. The molecule has 0 aliphatic rings. The number of unbranched alkanes of at least 4 members (excludes halogenated alkanes) is 1. The largest absolute Gasteiger partial charge is 0.424 e. The summed E-state index contributed by atoms with van der Waals surface area (Å²) in [5, 5.41) is 9.93. The van der Waals surface area contributed by atoms with Crippen molar-refractivity contribution in [2.45, 2.75) is 51.4 Å². The topological polar surface area (TPSA) is 55.1 Å². The summed E-state index contributed by atoms with van der Waals surface area (Å²) in [5.74, 6) is -1.27. The Hall–Kier alpha value is -1.37. The number of aliphatic hydroxyl groups is 1. The third-order valence-electron chi connectivity index (χ3n) is 2.81. The number of carbonyl (C=O) groups excluding carboxylic acids is 1. The predicted octanol–water partition coefficient (Wildman–Crippen LogP) is 2.41. The molecule has 19 heavy (non-hydrogen) atoms. The van der Waals surface area contributed by atoms with Crippen LogP contribution < -0.4 is 0 Å². The van der Waals surface area contributed by atoms with E-state index < -0.39 is 29.8 Å². The van der Waals surface area contributed by atoms with Crippen molar-refractivity contribution < 1.29 is 23.1 Å². The smallest absolute Gasteiger partial charge is 0.374 e. The van der Waals surface area contributed by atoms with Gasteiger partial charge in [0.15, 0.2) is 5.82 Å². The number of Topliss-reactive ketones (excluding diaryl/α,β-unsaturated/α-hetero) is 1. The first-order valence-electron chi connectivity index (χ1n) is 6.02. The quantitative estimate of drug-likeness (QED) is 0.869. The molecule has 0 spiro atoms. The Labute approximate surface area is 109 Å². The average Bonchev–Trinajstić information content (AvgIpc) is 2.72. The molecule has 1 aromatic rings. The highest BCUT2D eigenvalue weighted by molar-refractivity contribution is 5.76. The van der Waals surface area contributed by atoms with Gasteiger partial charge in [0.1, 0.15) is 5.78 Å². The number of hydrogen-bond acceptors (Lipinski definition) is 3. The van der Waals surface area contributed by atoms with Crippen LogP contribution in [-0.4, -0.2) is 26.6 Å². The fraction of sp³-hybridized carbons (Fsp3) is 0.667. The van der Waals surface area contributed by atoms with Gasteiger partial charge in [-0.2, -0.15) is 13.2 Å². The van der Waals surface area contributed by atoms with Gasteiger partial charge in [-0.25, -0.2) is 4.98 Å². The monoisotopic (exact) mass is 278 g/mol. The molecule has 108 valence electrons. The molecule has 0 aliphatic heterocycles. The minimum Gasteiger partial charge on any atom is -0.374 e. The summed E-state index contributed by atoms with van der Waals surface area (Å²) in [7, 11) is 0. The first kappa shape index (κ1) is 15.7. The molecule has 0 aliphatic carbocycles. The number of nitrogens with zero attached hydrogens (tertiary/aromatic N) is 2. The van der Waals surface area contributed by atoms with Crippen molar-refractivity contribution >= 4 is 5.78 Å². The fourth-order valence-corrected chi connectivity index (χ4v) is 1.85. The maximum atomic E-state index is 13.1. The lowest BCUT2D eigenvalue weighted by Crippen LogP contribution is -2.46.